The number of benzene rings is 3. The maximum Gasteiger partial charge on any atom is 0.301 e. The van der Waals surface area contributed by atoms with Gasteiger partial charge in [0.1, 0.15) is 11.6 Å². The van der Waals surface area contributed by atoms with Crippen LogP contribution in [0.25, 0.3) is 5.76 Å². The molecule has 1 aromatic heterocycles. The Morgan fingerprint density at radius 2 is 1.67 bits per heavy atom. The van der Waals surface area contributed by atoms with Gasteiger partial charge in [-0.15, -0.1) is 10.2 Å². The van der Waals surface area contributed by atoms with E-state index in [-0.39, 0.29) is 22.3 Å². The summed E-state index contributed by atoms with van der Waals surface area (Å²) in [5.74, 6) is -0.777. The topological polar surface area (TPSA) is 102 Å². The molecule has 1 unspecified atom stereocenters. The summed E-state index contributed by atoms with van der Waals surface area (Å²) in [7, 11) is 0. The van der Waals surface area contributed by atoms with Gasteiger partial charge in [-0.3, -0.25) is 14.5 Å². The number of aliphatic hydroxyl groups excluding tert-OH is 1. The number of hydrogen-bond acceptors (Lipinski definition) is 9. The van der Waals surface area contributed by atoms with Crippen LogP contribution in [0.2, 0.25) is 0 Å². The predicted molar refractivity (Wildman–Crippen MR) is 161 cm³/mol. The number of rotatable bonds is 10. The molecule has 1 aliphatic rings. The number of ether oxygens (including phenoxy) is 2. The first-order valence-corrected chi connectivity index (χ1v) is 15.1. The summed E-state index contributed by atoms with van der Waals surface area (Å²) < 4.78 is 25.4. The van der Waals surface area contributed by atoms with Gasteiger partial charge in [0.2, 0.25) is 5.13 Å². The highest BCUT2D eigenvalue weighted by atomic mass is 32.2. The van der Waals surface area contributed by atoms with Gasteiger partial charge in [0, 0.05) is 11.3 Å². The van der Waals surface area contributed by atoms with Crippen molar-refractivity contribution in [1.29, 1.82) is 0 Å². The summed E-state index contributed by atoms with van der Waals surface area (Å²) >= 11 is 2.53. The Morgan fingerprint density at radius 1 is 0.976 bits per heavy atom. The number of thioether (sulfide) groups is 1. The van der Waals surface area contributed by atoms with Crippen molar-refractivity contribution in [1.82, 2.24) is 10.2 Å². The lowest BCUT2D eigenvalue weighted by molar-refractivity contribution is -0.132. The lowest BCUT2D eigenvalue weighted by atomic mass is 9.95. The number of aliphatic hydroxyl groups is 1. The molecule has 1 saturated heterocycles. The molecule has 2 heterocycles. The summed E-state index contributed by atoms with van der Waals surface area (Å²) in [6.45, 7) is 6.42. The van der Waals surface area contributed by atoms with Crippen molar-refractivity contribution in [2.24, 2.45) is 0 Å². The van der Waals surface area contributed by atoms with Gasteiger partial charge in [0.25, 0.3) is 5.78 Å². The molecule has 42 heavy (non-hydrogen) atoms. The normalized spacial score (nSPS) is 16.2. The zero-order valence-electron chi connectivity index (χ0n) is 23.2. The number of amides is 1. The summed E-state index contributed by atoms with van der Waals surface area (Å²) in [4.78, 5) is 28.4. The highest BCUT2D eigenvalue weighted by Gasteiger charge is 2.48. The Morgan fingerprint density at radius 3 is 2.36 bits per heavy atom. The molecule has 1 aliphatic heterocycles. The molecule has 8 nitrogen and oxygen atoms in total. The van der Waals surface area contributed by atoms with E-state index in [1.807, 2.05) is 32.9 Å². The summed E-state index contributed by atoms with van der Waals surface area (Å²) in [5, 5.41) is 20.1. The van der Waals surface area contributed by atoms with Gasteiger partial charge >= 0.3 is 5.91 Å². The molecule has 0 saturated carbocycles. The molecule has 1 atom stereocenters. The molecular weight excluding hydrogens is 577 g/mol. The minimum atomic E-state index is -0.996. The highest BCUT2D eigenvalue weighted by molar-refractivity contribution is 8.00. The SMILES string of the molecule is CCOc1ccc(C2C(=C(O)c3ccc(C)cc3)C(=O)C(=O)N2c2nnc(SCc3ccc(F)cc3)s2)cc1OCC. The van der Waals surface area contributed by atoms with E-state index < -0.39 is 17.7 Å². The molecule has 3 aromatic carbocycles. The third-order valence-corrected chi connectivity index (χ3v) is 8.66. The van der Waals surface area contributed by atoms with Crippen LogP contribution in [0, 0.1) is 12.7 Å². The van der Waals surface area contributed by atoms with Crippen molar-refractivity contribution in [3.8, 4) is 11.5 Å². The summed E-state index contributed by atoms with van der Waals surface area (Å²) in [6.07, 6.45) is 0. The van der Waals surface area contributed by atoms with Crippen LogP contribution >= 0.6 is 23.1 Å². The fraction of sp³-hybridized carbons (Fsp3) is 0.226. The number of Topliss-reactive ketones (excluding diaryl/α,β-unsaturated/α-hetero) is 1. The van der Waals surface area contributed by atoms with Gasteiger partial charge in [-0.1, -0.05) is 71.1 Å². The second-order valence-electron chi connectivity index (χ2n) is 9.37. The van der Waals surface area contributed by atoms with Crippen LogP contribution in [0.5, 0.6) is 11.5 Å². The molecule has 4 aromatic rings. The highest BCUT2D eigenvalue weighted by Crippen LogP contribution is 2.45. The average molecular weight is 606 g/mol. The van der Waals surface area contributed by atoms with Gasteiger partial charge in [0.15, 0.2) is 15.8 Å². The molecule has 0 radical (unpaired) electrons. The Bertz CT molecular complexity index is 1640. The number of halogens is 1. The van der Waals surface area contributed by atoms with E-state index in [0.29, 0.717) is 45.9 Å². The second-order valence-corrected chi connectivity index (χ2v) is 11.6. The number of aryl methyl sites for hydroxylation is 1. The van der Waals surface area contributed by atoms with Gasteiger partial charge in [0.05, 0.1) is 24.8 Å². The molecule has 0 aliphatic carbocycles. The van der Waals surface area contributed by atoms with Gasteiger partial charge < -0.3 is 14.6 Å². The minimum Gasteiger partial charge on any atom is -0.507 e. The molecule has 11 heteroatoms. The van der Waals surface area contributed by atoms with E-state index in [1.165, 1.54) is 28.8 Å². The standard InChI is InChI=1S/C31H28FN3O5S2/c1-4-39-23-15-12-21(16-24(23)40-5-2)26-25(27(36)20-10-6-18(3)7-11-20)28(37)29(38)35(26)30-33-34-31(42-30)41-17-19-8-13-22(32)14-9-19/h6-16,26,36H,4-5,17H2,1-3H3. The van der Waals surface area contributed by atoms with Crippen LogP contribution in [-0.4, -0.2) is 40.2 Å². The first-order chi connectivity index (χ1) is 20.3. The average Bonchev–Trinajstić information content (AvgIpc) is 3.56. The lowest BCUT2D eigenvalue weighted by Crippen LogP contribution is -2.29. The number of aromatic nitrogens is 2. The zero-order chi connectivity index (χ0) is 29.8. The Balaban J connectivity index is 1.57. The molecular formula is C31H28FN3O5S2. The number of hydrogen-bond donors (Lipinski definition) is 1. The molecule has 1 fully saturated rings. The fourth-order valence-corrected chi connectivity index (χ4v) is 6.36. The van der Waals surface area contributed by atoms with E-state index in [4.69, 9.17) is 9.47 Å². The van der Waals surface area contributed by atoms with Crippen molar-refractivity contribution in [3.05, 3.63) is 100 Å². The number of ketones is 1. The Hall–Kier alpha value is -4.22. The molecule has 1 N–H and O–H groups in total. The Labute approximate surface area is 250 Å². The monoisotopic (exact) mass is 605 g/mol. The number of anilines is 1. The maximum atomic E-state index is 13.6. The largest absolute Gasteiger partial charge is 0.507 e. The second kappa shape index (κ2) is 12.7. The maximum absolute atomic E-state index is 13.6. The summed E-state index contributed by atoms with van der Waals surface area (Å²) in [6, 6.07) is 17.4. The van der Waals surface area contributed by atoms with Crippen LogP contribution in [0.3, 0.4) is 0 Å². The molecule has 1 amide bonds. The van der Waals surface area contributed by atoms with E-state index in [2.05, 4.69) is 10.2 Å². The van der Waals surface area contributed by atoms with E-state index in [1.54, 1.807) is 42.5 Å². The van der Waals surface area contributed by atoms with Gasteiger partial charge in [-0.2, -0.15) is 0 Å². The predicted octanol–water partition coefficient (Wildman–Crippen LogP) is 6.70. The lowest BCUT2D eigenvalue weighted by Gasteiger charge is -2.23. The van der Waals surface area contributed by atoms with Crippen molar-refractivity contribution >= 4 is 45.7 Å². The molecule has 5 rings (SSSR count). The van der Waals surface area contributed by atoms with E-state index in [9.17, 15) is 19.1 Å². The van der Waals surface area contributed by atoms with Crippen molar-refractivity contribution < 1.29 is 28.6 Å². The smallest absolute Gasteiger partial charge is 0.301 e. The fourth-order valence-electron chi connectivity index (χ4n) is 4.53. The number of carbonyl (C=O) groups is 2. The molecule has 0 bridgehead atoms. The van der Waals surface area contributed by atoms with Gasteiger partial charge in [-0.25, -0.2) is 4.39 Å². The first kappa shape index (κ1) is 29.3. The quantitative estimate of drug-likeness (QED) is 0.0701. The van der Waals surface area contributed by atoms with Crippen LogP contribution in [0.1, 0.15) is 42.1 Å². The third kappa shape index (κ3) is 6.02. The number of nitrogens with zero attached hydrogens (tertiary/aromatic N) is 3. The van der Waals surface area contributed by atoms with Crippen LogP contribution in [0.15, 0.2) is 76.6 Å². The third-order valence-electron chi connectivity index (χ3n) is 6.53. The Kier molecular flexibility index (Phi) is 8.89. The van der Waals surface area contributed by atoms with Crippen molar-refractivity contribution in [2.75, 3.05) is 18.1 Å². The van der Waals surface area contributed by atoms with Gasteiger partial charge in [-0.05, 0) is 56.2 Å². The van der Waals surface area contributed by atoms with E-state index >= 15 is 0 Å². The van der Waals surface area contributed by atoms with Crippen LogP contribution < -0.4 is 14.4 Å². The van der Waals surface area contributed by atoms with Crippen molar-refractivity contribution in [3.63, 3.8) is 0 Å². The van der Waals surface area contributed by atoms with Crippen molar-refractivity contribution in [2.45, 2.75) is 36.9 Å². The number of carbonyl (C=O) groups excluding carboxylic acids is 2. The first-order valence-electron chi connectivity index (χ1n) is 13.3. The zero-order valence-corrected chi connectivity index (χ0v) is 24.8. The van der Waals surface area contributed by atoms with E-state index in [0.717, 1.165) is 22.5 Å². The van der Waals surface area contributed by atoms with Crippen LogP contribution in [0.4, 0.5) is 9.52 Å². The molecule has 0 spiro atoms. The minimum absolute atomic E-state index is 0.0637. The molecule has 216 valence electrons. The van der Waals surface area contributed by atoms with Crippen LogP contribution in [-0.2, 0) is 15.3 Å². The summed E-state index contributed by atoms with van der Waals surface area (Å²) in [5.41, 5.74) is 2.76.